The summed E-state index contributed by atoms with van der Waals surface area (Å²) in [5, 5.41) is 10.7. The molecule has 0 aliphatic rings. The van der Waals surface area contributed by atoms with Crippen LogP contribution in [0.2, 0.25) is 0 Å². The number of benzene rings is 1. The summed E-state index contributed by atoms with van der Waals surface area (Å²) in [6.45, 7) is 2.96. The van der Waals surface area contributed by atoms with Crippen molar-refractivity contribution in [1.82, 2.24) is 0 Å². The van der Waals surface area contributed by atoms with E-state index in [0.29, 0.717) is 18.7 Å². The van der Waals surface area contributed by atoms with Crippen LogP contribution in [-0.4, -0.2) is 25.1 Å². The van der Waals surface area contributed by atoms with Crippen LogP contribution in [-0.2, 0) is 0 Å². The maximum absolute atomic E-state index is 10.7. The van der Waals surface area contributed by atoms with Crippen molar-refractivity contribution in [3.8, 4) is 0 Å². The van der Waals surface area contributed by atoms with E-state index in [9.17, 15) is 10.1 Å². The Morgan fingerprint density at radius 2 is 2.20 bits per heavy atom. The second kappa shape index (κ2) is 4.75. The molecule has 15 heavy (non-hydrogen) atoms. The number of nitro groups is 1. The minimum absolute atomic E-state index is 0.149. The molecular formula is C10H15N3O2. The molecule has 1 rings (SSSR count). The van der Waals surface area contributed by atoms with Gasteiger partial charge in [-0.3, -0.25) is 10.1 Å². The molecule has 0 aliphatic carbocycles. The molecule has 5 heteroatoms. The van der Waals surface area contributed by atoms with Crippen LogP contribution in [0.25, 0.3) is 0 Å². The molecule has 0 amide bonds. The van der Waals surface area contributed by atoms with Crippen LogP contribution in [0.5, 0.6) is 0 Å². The van der Waals surface area contributed by atoms with Crippen LogP contribution in [0.3, 0.4) is 0 Å². The molecule has 0 saturated heterocycles. The monoisotopic (exact) mass is 209 g/mol. The number of likely N-dealkylation sites (N-methyl/N-ethyl adjacent to an activating group) is 1. The van der Waals surface area contributed by atoms with Gasteiger partial charge in [0, 0.05) is 37.5 Å². The quantitative estimate of drug-likeness (QED) is 0.599. The number of hydrogen-bond acceptors (Lipinski definition) is 4. The molecule has 0 radical (unpaired) electrons. The predicted molar refractivity (Wildman–Crippen MR) is 60.2 cm³/mol. The van der Waals surface area contributed by atoms with Crippen LogP contribution in [0.4, 0.5) is 11.4 Å². The Hall–Kier alpha value is -1.62. The lowest BCUT2D eigenvalue weighted by molar-refractivity contribution is -0.385. The summed E-state index contributed by atoms with van der Waals surface area (Å²) in [6.07, 6.45) is 0. The molecule has 0 heterocycles. The Morgan fingerprint density at radius 3 is 2.73 bits per heavy atom. The van der Waals surface area contributed by atoms with E-state index in [0.717, 1.165) is 5.69 Å². The van der Waals surface area contributed by atoms with E-state index in [1.54, 1.807) is 13.0 Å². The van der Waals surface area contributed by atoms with Crippen molar-refractivity contribution in [3.63, 3.8) is 0 Å². The van der Waals surface area contributed by atoms with E-state index in [1.807, 2.05) is 18.0 Å². The SMILES string of the molecule is Cc1c(N(C)CCN)cccc1[N+](=O)[O-]. The number of nitrogens with two attached hydrogens (primary N) is 1. The lowest BCUT2D eigenvalue weighted by Gasteiger charge is -2.20. The molecule has 0 unspecified atom stereocenters. The Morgan fingerprint density at radius 1 is 1.53 bits per heavy atom. The lowest BCUT2D eigenvalue weighted by Crippen LogP contribution is -2.25. The largest absolute Gasteiger partial charge is 0.373 e. The molecule has 0 spiro atoms. The first-order valence-electron chi connectivity index (χ1n) is 4.73. The van der Waals surface area contributed by atoms with Gasteiger partial charge in [-0.05, 0) is 13.0 Å². The first kappa shape index (κ1) is 11.5. The van der Waals surface area contributed by atoms with Crippen molar-refractivity contribution in [1.29, 1.82) is 0 Å². The average Bonchev–Trinajstić information content (AvgIpc) is 2.17. The summed E-state index contributed by atoms with van der Waals surface area (Å²) in [6, 6.07) is 5.06. The topological polar surface area (TPSA) is 72.4 Å². The van der Waals surface area contributed by atoms with Gasteiger partial charge in [0.1, 0.15) is 0 Å². The van der Waals surface area contributed by atoms with E-state index in [-0.39, 0.29) is 10.6 Å². The molecule has 0 aromatic heterocycles. The Labute approximate surface area is 88.6 Å². The average molecular weight is 209 g/mol. The third kappa shape index (κ3) is 2.44. The molecule has 0 aliphatic heterocycles. The van der Waals surface area contributed by atoms with Crippen molar-refractivity contribution < 1.29 is 4.92 Å². The summed E-state index contributed by atoms with van der Waals surface area (Å²) >= 11 is 0. The van der Waals surface area contributed by atoms with Gasteiger partial charge in [0.15, 0.2) is 0 Å². The Bertz CT molecular complexity index is 366. The minimum Gasteiger partial charge on any atom is -0.373 e. The van der Waals surface area contributed by atoms with Gasteiger partial charge in [-0.25, -0.2) is 0 Å². The van der Waals surface area contributed by atoms with Gasteiger partial charge in [-0.15, -0.1) is 0 Å². The van der Waals surface area contributed by atoms with Crippen LogP contribution < -0.4 is 10.6 Å². The fourth-order valence-corrected chi connectivity index (χ4v) is 1.54. The van der Waals surface area contributed by atoms with Gasteiger partial charge in [0.25, 0.3) is 5.69 Å². The maximum Gasteiger partial charge on any atom is 0.274 e. The van der Waals surface area contributed by atoms with E-state index in [2.05, 4.69) is 0 Å². The first-order valence-corrected chi connectivity index (χ1v) is 4.73. The fraction of sp³-hybridized carbons (Fsp3) is 0.400. The third-order valence-electron chi connectivity index (χ3n) is 2.35. The highest BCUT2D eigenvalue weighted by Crippen LogP contribution is 2.27. The normalized spacial score (nSPS) is 10.1. The van der Waals surface area contributed by atoms with E-state index >= 15 is 0 Å². The van der Waals surface area contributed by atoms with Crippen LogP contribution in [0, 0.1) is 17.0 Å². The molecule has 0 bridgehead atoms. The minimum atomic E-state index is -0.366. The van der Waals surface area contributed by atoms with Gasteiger partial charge in [-0.2, -0.15) is 0 Å². The molecule has 82 valence electrons. The standard InChI is InChI=1S/C10H15N3O2/c1-8-9(12(2)7-6-11)4-3-5-10(8)13(14)15/h3-5H,6-7,11H2,1-2H3. The zero-order valence-corrected chi connectivity index (χ0v) is 8.93. The van der Waals surface area contributed by atoms with Crippen molar-refractivity contribution in [3.05, 3.63) is 33.9 Å². The molecule has 1 aromatic rings. The predicted octanol–water partition coefficient (Wildman–Crippen LogP) is 1.30. The Balaban J connectivity index is 3.09. The van der Waals surface area contributed by atoms with Gasteiger partial charge < -0.3 is 10.6 Å². The zero-order valence-electron chi connectivity index (χ0n) is 8.93. The molecule has 0 atom stereocenters. The van der Waals surface area contributed by atoms with Crippen LogP contribution in [0.1, 0.15) is 5.56 Å². The highest BCUT2D eigenvalue weighted by Gasteiger charge is 2.14. The molecule has 5 nitrogen and oxygen atoms in total. The number of nitrogens with zero attached hydrogens (tertiary/aromatic N) is 2. The highest BCUT2D eigenvalue weighted by molar-refractivity contribution is 5.60. The summed E-state index contributed by atoms with van der Waals surface area (Å²) in [4.78, 5) is 12.3. The summed E-state index contributed by atoms with van der Waals surface area (Å²) < 4.78 is 0. The van der Waals surface area contributed by atoms with E-state index < -0.39 is 0 Å². The number of hydrogen-bond donors (Lipinski definition) is 1. The highest BCUT2D eigenvalue weighted by atomic mass is 16.6. The van der Waals surface area contributed by atoms with E-state index in [4.69, 9.17) is 5.73 Å². The number of anilines is 1. The van der Waals surface area contributed by atoms with Crippen molar-refractivity contribution >= 4 is 11.4 Å². The zero-order chi connectivity index (χ0) is 11.4. The second-order valence-electron chi connectivity index (χ2n) is 3.39. The van der Waals surface area contributed by atoms with Gasteiger partial charge in [0.2, 0.25) is 0 Å². The summed E-state index contributed by atoms with van der Waals surface area (Å²) in [7, 11) is 1.87. The van der Waals surface area contributed by atoms with Crippen LogP contribution in [0.15, 0.2) is 18.2 Å². The summed E-state index contributed by atoms with van der Waals surface area (Å²) in [5.74, 6) is 0. The maximum atomic E-state index is 10.7. The third-order valence-corrected chi connectivity index (χ3v) is 2.35. The number of rotatable bonds is 4. The van der Waals surface area contributed by atoms with Crippen molar-refractivity contribution in [2.45, 2.75) is 6.92 Å². The fourth-order valence-electron chi connectivity index (χ4n) is 1.54. The molecular weight excluding hydrogens is 194 g/mol. The van der Waals surface area contributed by atoms with Gasteiger partial charge in [0.05, 0.1) is 4.92 Å². The van der Waals surface area contributed by atoms with Crippen LogP contribution >= 0.6 is 0 Å². The second-order valence-corrected chi connectivity index (χ2v) is 3.39. The number of nitro benzene ring substituents is 1. The lowest BCUT2D eigenvalue weighted by atomic mass is 10.1. The Kier molecular flexibility index (Phi) is 3.62. The van der Waals surface area contributed by atoms with E-state index in [1.165, 1.54) is 6.07 Å². The molecule has 1 aromatic carbocycles. The molecule has 0 fully saturated rings. The van der Waals surface area contributed by atoms with Gasteiger partial charge >= 0.3 is 0 Å². The smallest absolute Gasteiger partial charge is 0.274 e. The summed E-state index contributed by atoms with van der Waals surface area (Å²) in [5.41, 5.74) is 7.12. The molecule has 0 saturated carbocycles. The first-order chi connectivity index (χ1) is 7.07. The van der Waals surface area contributed by atoms with Crippen molar-refractivity contribution in [2.75, 3.05) is 25.0 Å². The van der Waals surface area contributed by atoms with Crippen molar-refractivity contribution in [2.24, 2.45) is 5.73 Å². The van der Waals surface area contributed by atoms with Gasteiger partial charge in [-0.1, -0.05) is 6.07 Å². The molecule has 2 N–H and O–H groups in total.